The minimum absolute atomic E-state index is 0.108. The number of amides is 1. The van der Waals surface area contributed by atoms with E-state index in [1.54, 1.807) is 12.1 Å². The van der Waals surface area contributed by atoms with Gasteiger partial charge in [0.1, 0.15) is 0 Å². The van der Waals surface area contributed by atoms with E-state index in [0.29, 0.717) is 5.02 Å². The van der Waals surface area contributed by atoms with Gasteiger partial charge in [0.05, 0.1) is 6.54 Å². The molecule has 0 saturated carbocycles. The summed E-state index contributed by atoms with van der Waals surface area (Å²) in [6, 6.07) is 19.6. The molecule has 0 bridgehead atoms. The van der Waals surface area contributed by atoms with Gasteiger partial charge in [0.2, 0.25) is 5.91 Å². The zero-order valence-electron chi connectivity index (χ0n) is 12.8. The van der Waals surface area contributed by atoms with Crippen LogP contribution in [0.1, 0.15) is 5.56 Å². The molecule has 1 amide bonds. The maximum Gasteiger partial charge on any atom is 0.243 e. The zero-order chi connectivity index (χ0) is 16.2. The molecular formula is C19H17ClN2O. The molecular weight excluding hydrogens is 308 g/mol. The highest BCUT2D eigenvalue weighted by Crippen LogP contribution is 2.21. The number of carbonyl (C=O) groups is 1. The van der Waals surface area contributed by atoms with Crippen molar-refractivity contribution in [2.24, 2.45) is 0 Å². The molecule has 0 spiro atoms. The first-order valence-corrected chi connectivity index (χ1v) is 7.78. The van der Waals surface area contributed by atoms with Crippen LogP contribution >= 0.6 is 11.6 Å². The molecule has 23 heavy (non-hydrogen) atoms. The number of carbonyl (C=O) groups excluding carboxylic acids is 1. The highest BCUT2D eigenvalue weighted by atomic mass is 35.5. The van der Waals surface area contributed by atoms with E-state index in [2.05, 4.69) is 22.8 Å². The van der Waals surface area contributed by atoms with Crippen molar-refractivity contribution < 1.29 is 4.79 Å². The molecule has 0 saturated heterocycles. The van der Waals surface area contributed by atoms with Gasteiger partial charge in [0, 0.05) is 16.4 Å². The lowest BCUT2D eigenvalue weighted by atomic mass is 10.1. The number of anilines is 2. The normalized spacial score (nSPS) is 10.5. The molecule has 0 fully saturated rings. The van der Waals surface area contributed by atoms with Crippen molar-refractivity contribution in [1.29, 1.82) is 0 Å². The Morgan fingerprint density at radius 1 is 1.00 bits per heavy atom. The minimum atomic E-state index is -0.108. The predicted octanol–water partition coefficient (Wildman–Crippen LogP) is 4.85. The van der Waals surface area contributed by atoms with E-state index in [1.807, 2.05) is 43.3 Å². The summed E-state index contributed by atoms with van der Waals surface area (Å²) in [7, 11) is 0. The van der Waals surface area contributed by atoms with Gasteiger partial charge < -0.3 is 10.6 Å². The van der Waals surface area contributed by atoms with Gasteiger partial charge >= 0.3 is 0 Å². The summed E-state index contributed by atoms with van der Waals surface area (Å²) in [5.74, 6) is -0.108. The topological polar surface area (TPSA) is 41.1 Å². The second-order valence-corrected chi connectivity index (χ2v) is 5.86. The lowest BCUT2D eigenvalue weighted by molar-refractivity contribution is -0.114. The van der Waals surface area contributed by atoms with E-state index in [0.717, 1.165) is 22.3 Å². The first kappa shape index (κ1) is 15.4. The second-order valence-electron chi connectivity index (χ2n) is 5.42. The monoisotopic (exact) mass is 324 g/mol. The predicted molar refractivity (Wildman–Crippen MR) is 97.3 cm³/mol. The average molecular weight is 325 g/mol. The number of halogens is 1. The molecule has 2 N–H and O–H groups in total. The summed E-state index contributed by atoms with van der Waals surface area (Å²) < 4.78 is 0. The van der Waals surface area contributed by atoms with Gasteiger partial charge in [-0.3, -0.25) is 4.79 Å². The lowest BCUT2D eigenvalue weighted by Gasteiger charge is -2.11. The summed E-state index contributed by atoms with van der Waals surface area (Å²) in [6.07, 6.45) is 0. The van der Waals surface area contributed by atoms with Crippen LogP contribution in [0, 0.1) is 6.92 Å². The van der Waals surface area contributed by atoms with Crippen LogP contribution < -0.4 is 10.6 Å². The summed E-state index contributed by atoms with van der Waals surface area (Å²) in [4.78, 5) is 12.1. The molecule has 3 nitrogen and oxygen atoms in total. The fourth-order valence-electron chi connectivity index (χ4n) is 2.40. The van der Waals surface area contributed by atoms with E-state index in [1.165, 1.54) is 5.39 Å². The van der Waals surface area contributed by atoms with E-state index < -0.39 is 0 Å². The number of hydrogen-bond donors (Lipinski definition) is 2. The Morgan fingerprint density at radius 2 is 1.78 bits per heavy atom. The van der Waals surface area contributed by atoms with Crippen molar-refractivity contribution in [3.63, 3.8) is 0 Å². The van der Waals surface area contributed by atoms with Crippen molar-refractivity contribution in [2.75, 3.05) is 17.2 Å². The summed E-state index contributed by atoms with van der Waals surface area (Å²) in [5.41, 5.74) is 2.64. The van der Waals surface area contributed by atoms with Gasteiger partial charge in [-0.25, -0.2) is 0 Å². The SMILES string of the molecule is Cc1ccc(Cl)cc1NC(=O)CNc1ccc2ccccc2c1. The summed E-state index contributed by atoms with van der Waals surface area (Å²) >= 11 is 5.96. The standard InChI is InChI=1S/C19H17ClN2O/c1-13-6-8-16(20)11-18(13)22-19(23)12-21-17-9-7-14-4-2-3-5-15(14)10-17/h2-11,21H,12H2,1H3,(H,22,23). The van der Waals surface area contributed by atoms with E-state index in [-0.39, 0.29) is 12.5 Å². The maximum atomic E-state index is 12.1. The van der Waals surface area contributed by atoms with Gasteiger partial charge in [0.25, 0.3) is 0 Å². The third-order valence-electron chi connectivity index (χ3n) is 3.68. The second kappa shape index (κ2) is 6.71. The third-order valence-corrected chi connectivity index (χ3v) is 3.91. The smallest absolute Gasteiger partial charge is 0.243 e. The molecule has 0 atom stereocenters. The number of rotatable bonds is 4. The van der Waals surface area contributed by atoms with Gasteiger partial charge in [-0.15, -0.1) is 0 Å². The van der Waals surface area contributed by atoms with Crippen molar-refractivity contribution >= 4 is 39.7 Å². The van der Waals surface area contributed by atoms with Crippen LogP contribution in [-0.2, 0) is 4.79 Å². The van der Waals surface area contributed by atoms with Crippen molar-refractivity contribution in [3.05, 3.63) is 71.2 Å². The van der Waals surface area contributed by atoms with Gasteiger partial charge in [-0.1, -0.05) is 48.0 Å². The van der Waals surface area contributed by atoms with Crippen molar-refractivity contribution in [3.8, 4) is 0 Å². The maximum absolute atomic E-state index is 12.1. The molecule has 3 aromatic rings. The first-order chi connectivity index (χ1) is 11.1. The highest BCUT2D eigenvalue weighted by molar-refractivity contribution is 6.31. The molecule has 0 unspecified atom stereocenters. The van der Waals surface area contributed by atoms with E-state index >= 15 is 0 Å². The van der Waals surface area contributed by atoms with Gasteiger partial charge in [-0.2, -0.15) is 0 Å². The molecule has 3 rings (SSSR count). The van der Waals surface area contributed by atoms with E-state index in [4.69, 9.17) is 11.6 Å². The Kier molecular flexibility index (Phi) is 4.49. The molecule has 0 aliphatic carbocycles. The number of fused-ring (bicyclic) bond motifs is 1. The fourth-order valence-corrected chi connectivity index (χ4v) is 2.58. The van der Waals surface area contributed by atoms with Crippen LogP contribution in [-0.4, -0.2) is 12.5 Å². The van der Waals surface area contributed by atoms with Crippen LogP contribution in [0.25, 0.3) is 10.8 Å². The molecule has 4 heteroatoms. The van der Waals surface area contributed by atoms with Crippen LogP contribution in [0.3, 0.4) is 0 Å². The van der Waals surface area contributed by atoms with Gasteiger partial charge in [-0.05, 0) is 47.5 Å². The quantitative estimate of drug-likeness (QED) is 0.720. The fraction of sp³-hybridized carbons (Fsp3) is 0.105. The Bertz CT molecular complexity index is 861. The van der Waals surface area contributed by atoms with Crippen LogP contribution in [0.15, 0.2) is 60.7 Å². The third kappa shape index (κ3) is 3.82. The lowest BCUT2D eigenvalue weighted by Crippen LogP contribution is -2.22. The first-order valence-electron chi connectivity index (χ1n) is 7.40. The molecule has 0 aromatic heterocycles. The number of nitrogens with one attached hydrogen (secondary N) is 2. The average Bonchev–Trinajstić information content (AvgIpc) is 2.56. The van der Waals surface area contributed by atoms with Crippen LogP contribution in [0.4, 0.5) is 11.4 Å². The minimum Gasteiger partial charge on any atom is -0.376 e. The highest BCUT2D eigenvalue weighted by Gasteiger charge is 2.05. The number of aryl methyl sites for hydroxylation is 1. The number of hydrogen-bond acceptors (Lipinski definition) is 2. The Morgan fingerprint density at radius 3 is 2.61 bits per heavy atom. The zero-order valence-corrected chi connectivity index (χ0v) is 13.5. The summed E-state index contributed by atoms with van der Waals surface area (Å²) in [6.45, 7) is 2.13. The molecule has 0 radical (unpaired) electrons. The molecule has 3 aromatic carbocycles. The van der Waals surface area contributed by atoms with Crippen LogP contribution in [0.5, 0.6) is 0 Å². The molecule has 0 aliphatic rings. The molecule has 0 aliphatic heterocycles. The molecule has 0 heterocycles. The number of benzene rings is 3. The summed E-state index contributed by atoms with van der Waals surface area (Å²) in [5, 5.41) is 8.94. The van der Waals surface area contributed by atoms with E-state index in [9.17, 15) is 4.79 Å². The Labute approximate surface area is 140 Å². The Hall–Kier alpha value is -2.52. The van der Waals surface area contributed by atoms with Gasteiger partial charge in [0.15, 0.2) is 0 Å². The molecule has 116 valence electrons. The van der Waals surface area contributed by atoms with Crippen LogP contribution in [0.2, 0.25) is 5.02 Å². The Balaban J connectivity index is 1.64. The largest absolute Gasteiger partial charge is 0.376 e. The van der Waals surface area contributed by atoms with Crippen molar-refractivity contribution in [1.82, 2.24) is 0 Å². The van der Waals surface area contributed by atoms with Crippen molar-refractivity contribution in [2.45, 2.75) is 6.92 Å².